The molecule has 1 N–H and O–H groups in total. The number of carbonyl (C=O) groups is 1. The summed E-state index contributed by atoms with van der Waals surface area (Å²) in [6.45, 7) is 0. The highest BCUT2D eigenvalue weighted by Crippen LogP contribution is 2.42. The van der Waals surface area contributed by atoms with Crippen LogP contribution in [-0.2, 0) is 15.1 Å². The van der Waals surface area contributed by atoms with Gasteiger partial charge < -0.3 is 9.84 Å². The summed E-state index contributed by atoms with van der Waals surface area (Å²) in [5.41, 5.74) is -1.43. The lowest BCUT2D eigenvalue weighted by Crippen LogP contribution is -2.42. The minimum atomic E-state index is -1.43. The third kappa shape index (κ3) is 1.76. The molecular weight excluding hydrogens is 224 g/mol. The van der Waals surface area contributed by atoms with Crippen molar-refractivity contribution in [2.45, 2.75) is 31.3 Å². The van der Waals surface area contributed by atoms with Gasteiger partial charge in [-0.05, 0) is 24.3 Å². The molecule has 0 aromatic carbocycles. The second kappa shape index (κ2) is 4.55. The molecule has 1 atom stereocenters. The lowest BCUT2D eigenvalue weighted by atomic mass is 9.84. The van der Waals surface area contributed by atoms with Gasteiger partial charge >= 0.3 is 5.97 Å². The van der Waals surface area contributed by atoms with Gasteiger partial charge in [-0.3, -0.25) is 0 Å². The van der Waals surface area contributed by atoms with E-state index >= 15 is 0 Å². The molecule has 3 nitrogen and oxygen atoms in total. The summed E-state index contributed by atoms with van der Waals surface area (Å²) in [4.78, 5) is 12.6. The Morgan fingerprint density at radius 3 is 2.75 bits per heavy atom. The number of thiophene rings is 1. The van der Waals surface area contributed by atoms with E-state index in [0.717, 1.165) is 25.7 Å². The van der Waals surface area contributed by atoms with Gasteiger partial charge in [0.15, 0.2) is 5.60 Å². The van der Waals surface area contributed by atoms with Crippen LogP contribution in [0.2, 0.25) is 0 Å². The molecule has 1 aliphatic carbocycles. The Labute approximate surface area is 99.1 Å². The van der Waals surface area contributed by atoms with Gasteiger partial charge in [0.25, 0.3) is 0 Å². The quantitative estimate of drug-likeness (QED) is 0.825. The van der Waals surface area contributed by atoms with Crippen LogP contribution in [0.4, 0.5) is 0 Å². The topological polar surface area (TPSA) is 46.5 Å². The first kappa shape index (κ1) is 11.6. The van der Waals surface area contributed by atoms with Crippen molar-refractivity contribution in [3.8, 4) is 0 Å². The normalized spacial score (nSPS) is 20.6. The van der Waals surface area contributed by atoms with E-state index in [1.165, 1.54) is 18.4 Å². The van der Waals surface area contributed by atoms with Gasteiger partial charge in [-0.15, -0.1) is 11.3 Å². The van der Waals surface area contributed by atoms with Gasteiger partial charge in [-0.1, -0.05) is 18.9 Å². The van der Waals surface area contributed by atoms with Crippen molar-refractivity contribution in [3.05, 3.63) is 22.4 Å². The van der Waals surface area contributed by atoms with Crippen LogP contribution >= 0.6 is 11.3 Å². The number of esters is 1. The van der Waals surface area contributed by atoms with Crippen molar-refractivity contribution in [1.82, 2.24) is 0 Å². The number of carbonyl (C=O) groups excluding carboxylic acids is 1. The Kier molecular flexibility index (Phi) is 3.30. The molecule has 0 aliphatic heterocycles. The molecule has 4 heteroatoms. The molecule has 1 aromatic rings. The smallest absolute Gasteiger partial charge is 0.343 e. The van der Waals surface area contributed by atoms with Crippen molar-refractivity contribution < 1.29 is 14.6 Å². The molecule has 1 saturated carbocycles. The number of methoxy groups -OCH3 is 1. The van der Waals surface area contributed by atoms with E-state index in [0.29, 0.717) is 4.88 Å². The molecule has 0 saturated heterocycles. The van der Waals surface area contributed by atoms with E-state index in [1.807, 2.05) is 11.4 Å². The average molecular weight is 240 g/mol. The number of aliphatic hydroxyl groups is 1. The molecule has 16 heavy (non-hydrogen) atoms. The zero-order chi connectivity index (χ0) is 11.6. The van der Waals surface area contributed by atoms with Gasteiger partial charge in [0.05, 0.1) is 7.11 Å². The number of ether oxygens (including phenoxy) is 1. The highest BCUT2D eigenvalue weighted by Gasteiger charge is 2.48. The van der Waals surface area contributed by atoms with Crippen LogP contribution in [-0.4, -0.2) is 18.2 Å². The number of hydrogen-bond acceptors (Lipinski definition) is 4. The molecule has 1 heterocycles. The van der Waals surface area contributed by atoms with Gasteiger partial charge in [0, 0.05) is 10.8 Å². The zero-order valence-corrected chi connectivity index (χ0v) is 10.1. The van der Waals surface area contributed by atoms with E-state index in [1.54, 1.807) is 6.07 Å². The van der Waals surface area contributed by atoms with Gasteiger partial charge in [-0.25, -0.2) is 4.79 Å². The zero-order valence-electron chi connectivity index (χ0n) is 9.31. The Hall–Kier alpha value is -0.870. The maximum Gasteiger partial charge on any atom is 0.343 e. The summed E-state index contributed by atoms with van der Waals surface area (Å²) in [6, 6.07) is 3.66. The summed E-state index contributed by atoms with van der Waals surface area (Å²) in [5.74, 6) is -0.527. The molecule has 2 rings (SSSR count). The van der Waals surface area contributed by atoms with Crippen LogP contribution in [0, 0.1) is 5.92 Å². The maximum absolute atomic E-state index is 11.9. The standard InChI is InChI=1S/C12H16O3S/c1-15-11(13)12(14,9-5-2-3-6-9)10-7-4-8-16-10/h4,7-9,14H,2-3,5-6H2,1H3/t12-/m0/s1. The molecule has 1 fully saturated rings. The fourth-order valence-corrected chi connectivity index (χ4v) is 3.35. The minimum absolute atomic E-state index is 0.00130. The molecule has 1 aromatic heterocycles. The SMILES string of the molecule is COC(=O)[C@@](O)(c1cccs1)C1CCCC1. The van der Waals surface area contributed by atoms with Crippen molar-refractivity contribution >= 4 is 17.3 Å². The number of rotatable bonds is 3. The first-order chi connectivity index (χ1) is 7.69. The Morgan fingerprint density at radius 1 is 1.56 bits per heavy atom. The van der Waals surface area contributed by atoms with E-state index in [9.17, 15) is 9.90 Å². The lowest BCUT2D eigenvalue weighted by molar-refractivity contribution is -0.170. The van der Waals surface area contributed by atoms with E-state index in [2.05, 4.69) is 0 Å². The lowest BCUT2D eigenvalue weighted by Gasteiger charge is -2.30. The maximum atomic E-state index is 11.9. The first-order valence-electron chi connectivity index (χ1n) is 5.54. The predicted octanol–water partition coefficient (Wildman–Crippen LogP) is 2.30. The Morgan fingerprint density at radius 2 is 2.25 bits per heavy atom. The molecule has 1 aliphatic rings. The van der Waals surface area contributed by atoms with Crippen molar-refractivity contribution in [2.24, 2.45) is 5.92 Å². The van der Waals surface area contributed by atoms with Crippen LogP contribution in [0.25, 0.3) is 0 Å². The summed E-state index contributed by atoms with van der Waals surface area (Å²) >= 11 is 1.41. The Bertz CT molecular complexity index is 354. The third-order valence-corrected chi connectivity index (χ3v) is 4.33. The molecule has 0 spiro atoms. The van der Waals surface area contributed by atoms with E-state index in [-0.39, 0.29) is 5.92 Å². The fourth-order valence-electron chi connectivity index (χ4n) is 2.46. The molecule has 0 bridgehead atoms. The largest absolute Gasteiger partial charge is 0.467 e. The summed E-state index contributed by atoms with van der Waals surface area (Å²) in [5, 5.41) is 12.5. The van der Waals surface area contributed by atoms with Crippen molar-refractivity contribution in [2.75, 3.05) is 7.11 Å². The van der Waals surface area contributed by atoms with Crippen molar-refractivity contribution in [3.63, 3.8) is 0 Å². The summed E-state index contributed by atoms with van der Waals surface area (Å²) < 4.78 is 4.77. The van der Waals surface area contributed by atoms with Gasteiger partial charge in [0.1, 0.15) is 0 Å². The highest BCUT2D eigenvalue weighted by molar-refractivity contribution is 7.10. The predicted molar refractivity (Wildman–Crippen MR) is 62.2 cm³/mol. The Balaban J connectivity index is 2.35. The molecule has 0 radical (unpaired) electrons. The first-order valence-corrected chi connectivity index (χ1v) is 6.42. The van der Waals surface area contributed by atoms with Crippen LogP contribution < -0.4 is 0 Å². The summed E-state index contributed by atoms with van der Waals surface area (Å²) in [6.07, 6.45) is 3.94. The highest BCUT2D eigenvalue weighted by atomic mass is 32.1. The van der Waals surface area contributed by atoms with Crippen molar-refractivity contribution in [1.29, 1.82) is 0 Å². The monoisotopic (exact) mass is 240 g/mol. The second-order valence-electron chi connectivity index (χ2n) is 4.22. The fraction of sp³-hybridized carbons (Fsp3) is 0.583. The number of hydrogen-bond donors (Lipinski definition) is 1. The summed E-state index contributed by atoms with van der Waals surface area (Å²) in [7, 11) is 1.33. The molecule has 0 unspecified atom stereocenters. The molecular formula is C12H16O3S. The second-order valence-corrected chi connectivity index (χ2v) is 5.16. The molecule has 88 valence electrons. The van der Waals surface area contributed by atoms with Crippen LogP contribution in [0.15, 0.2) is 17.5 Å². The van der Waals surface area contributed by atoms with Crippen LogP contribution in [0.3, 0.4) is 0 Å². The minimum Gasteiger partial charge on any atom is -0.467 e. The van der Waals surface area contributed by atoms with Crippen LogP contribution in [0.5, 0.6) is 0 Å². The van der Waals surface area contributed by atoms with E-state index < -0.39 is 11.6 Å². The average Bonchev–Trinajstić information content (AvgIpc) is 2.98. The molecule has 0 amide bonds. The van der Waals surface area contributed by atoms with E-state index in [4.69, 9.17) is 4.74 Å². The van der Waals surface area contributed by atoms with Gasteiger partial charge in [0.2, 0.25) is 0 Å². The van der Waals surface area contributed by atoms with Gasteiger partial charge in [-0.2, -0.15) is 0 Å². The third-order valence-electron chi connectivity index (χ3n) is 3.34. The van der Waals surface area contributed by atoms with Crippen LogP contribution in [0.1, 0.15) is 30.6 Å².